The number of aryl methyl sites for hydroxylation is 2. The van der Waals surface area contributed by atoms with Crippen molar-refractivity contribution in [1.82, 2.24) is 0 Å². The van der Waals surface area contributed by atoms with Crippen LogP contribution in [0.25, 0.3) is 0 Å². The monoisotopic (exact) mass is 301 g/mol. The molecule has 0 bridgehead atoms. The molecule has 21 heavy (non-hydrogen) atoms. The van der Waals surface area contributed by atoms with Gasteiger partial charge in [-0.1, -0.05) is 29.8 Å². The zero-order valence-corrected chi connectivity index (χ0v) is 12.5. The van der Waals surface area contributed by atoms with Crippen LogP contribution in [0, 0.1) is 0 Å². The van der Waals surface area contributed by atoms with E-state index in [0.29, 0.717) is 5.02 Å². The van der Waals surface area contributed by atoms with Gasteiger partial charge in [-0.3, -0.25) is 4.79 Å². The van der Waals surface area contributed by atoms with Gasteiger partial charge in [-0.15, -0.1) is 0 Å². The lowest BCUT2D eigenvalue weighted by Crippen LogP contribution is -2.12. The summed E-state index contributed by atoms with van der Waals surface area (Å²) in [5, 5.41) is 9.67. The first-order valence-electron chi connectivity index (χ1n) is 6.90. The summed E-state index contributed by atoms with van der Waals surface area (Å²) in [5.41, 5.74) is 5.47. The zero-order valence-electron chi connectivity index (χ0n) is 11.8. The molecule has 1 aliphatic heterocycles. The molecule has 0 amide bonds. The molecule has 0 fully saturated rings. The summed E-state index contributed by atoms with van der Waals surface area (Å²) < 4.78 is 0. The highest BCUT2D eigenvalue weighted by atomic mass is 35.5. The van der Waals surface area contributed by atoms with Crippen molar-refractivity contribution < 1.29 is 9.90 Å². The van der Waals surface area contributed by atoms with Crippen LogP contribution in [0.5, 0.6) is 0 Å². The minimum Gasteiger partial charge on any atom is -0.481 e. The summed E-state index contributed by atoms with van der Waals surface area (Å²) >= 11 is 6.12. The number of hydrogen-bond acceptors (Lipinski definition) is 2. The molecule has 0 atom stereocenters. The molecule has 0 saturated carbocycles. The minimum absolute atomic E-state index is 0.0452. The number of aliphatic carboxylic acids is 1. The third kappa shape index (κ3) is 2.74. The predicted molar refractivity (Wildman–Crippen MR) is 84.7 cm³/mol. The van der Waals surface area contributed by atoms with Crippen LogP contribution in [0.2, 0.25) is 5.02 Å². The third-order valence-electron chi connectivity index (χ3n) is 3.94. The molecular formula is C17H16ClNO2. The van der Waals surface area contributed by atoms with Crippen molar-refractivity contribution in [2.24, 2.45) is 0 Å². The second-order valence-corrected chi connectivity index (χ2v) is 5.80. The number of carboxylic acids is 1. The number of carbonyl (C=O) groups is 1. The van der Waals surface area contributed by atoms with E-state index in [1.807, 2.05) is 37.4 Å². The van der Waals surface area contributed by atoms with Crippen LogP contribution in [-0.2, 0) is 24.1 Å². The van der Waals surface area contributed by atoms with Gasteiger partial charge in [-0.25, -0.2) is 0 Å². The molecule has 1 N–H and O–H groups in total. The van der Waals surface area contributed by atoms with E-state index < -0.39 is 5.97 Å². The summed E-state index contributed by atoms with van der Waals surface area (Å²) in [4.78, 5) is 13.0. The third-order valence-corrected chi connectivity index (χ3v) is 4.17. The quantitative estimate of drug-likeness (QED) is 0.916. The van der Waals surface area contributed by atoms with Crippen molar-refractivity contribution in [3.8, 4) is 0 Å². The number of nitrogens with zero attached hydrogens (tertiary/aromatic N) is 1. The van der Waals surface area contributed by atoms with Gasteiger partial charge in [0.25, 0.3) is 0 Å². The molecule has 108 valence electrons. The van der Waals surface area contributed by atoms with Gasteiger partial charge in [-0.05, 0) is 47.7 Å². The van der Waals surface area contributed by atoms with Crippen LogP contribution < -0.4 is 4.90 Å². The Balaban J connectivity index is 2.07. The number of fused-ring (bicyclic) bond motifs is 2. The molecule has 1 aliphatic rings. The van der Waals surface area contributed by atoms with E-state index in [-0.39, 0.29) is 6.42 Å². The van der Waals surface area contributed by atoms with E-state index in [2.05, 4.69) is 11.0 Å². The Morgan fingerprint density at radius 1 is 1.14 bits per heavy atom. The van der Waals surface area contributed by atoms with E-state index in [1.54, 1.807) is 0 Å². The van der Waals surface area contributed by atoms with Gasteiger partial charge < -0.3 is 10.0 Å². The van der Waals surface area contributed by atoms with Crippen LogP contribution in [0.15, 0.2) is 36.4 Å². The highest BCUT2D eigenvalue weighted by molar-refractivity contribution is 6.30. The van der Waals surface area contributed by atoms with Crippen LogP contribution in [0.4, 0.5) is 11.4 Å². The molecule has 2 aromatic rings. The van der Waals surface area contributed by atoms with Gasteiger partial charge in [0.1, 0.15) is 0 Å². The number of hydrogen-bond donors (Lipinski definition) is 1. The summed E-state index contributed by atoms with van der Waals surface area (Å²) in [5.74, 6) is -0.810. The average Bonchev–Trinajstić information content (AvgIpc) is 2.57. The Labute approximate surface area is 128 Å². The molecular weight excluding hydrogens is 286 g/mol. The Morgan fingerprint density at radius 3 is 2.43 bits per heavy atom. The maximum atomic E-state index is 10.9. The van der Waals surface area contributed by atoms with Crippen molar-refractivity contribution in [2.45, 2.75) is 19.3 Å². The summed E-state index contributed by atoms with van der Waals surface area (Å²) in [6.07, 6.45) is 1.95. The summed E-state index contributed by atoms with van der Waals surface area (Å²) in [6.45, 7) is 0. The van der Waals surface area contributed by atoms with E-state index in [9.17, 15) is 4.79 Å². The molecule has 0 unspecified atom stereocenters. The van der Waals surface area contributed by atoms with Gasteiger partial charge in [0, 0.05) is 23.4 Å². The van der Waals surface area contributed by atoms with Gasteiger partial charge >= 0.3 is 5.97 Å². The molecule has 2 aromatic carbocycles. The van der Waals surface area contributed by atoms with Crippen molar-refractivity contribution in [2.75, 3.05) is 11.9 Å². The fraction of sp³-hybridized carbons (Fsp3) is 0.235. The fourth-order valence-electron chi connectivity index (χ4n) is 2.88. The normalized spacial score (nSPS) is 13.3. The predicted octanol–water partition coefficient (Wildman–Crippen LogP) is 3.83. The average molecular weight is 302 g/mol. The van der Waals surface area contributed by atoms with Crippen LogP contribution in [0.1, 0.15) is 16.7 Å². The Hall–Kier alpha value is -2.00. The number of rotatable bonds is 2. The molecule has 1 heterocycles. The molecule has 0 aliphatic carbocycles. The first kappa shape index (κ1) is 14.0. The molecule has 0 saturated heterocycles. The molecule has 3 rings (SSSR count). The number of benzene rings is 2. The highest BCUT2D eigenvalue weighted by Gasteiger charge is 2.18. The highest BCUT2D eigenvalue weighted by Crippen LogP contribution is 2.36. The topological polar surface area (TPSA) is 40.5 Å². The standard InChI is InChI=1S/C17H16ClNO2/c1-19-15-8-11(9-17(20)21)2-3-12(15)4-5-13-6-7-14(18)10-16(13)19/h2-3,6-8,10H,4-5,9H2,1H3,(H,20,21). The van der Waals surface area contributed by atoms with E-state index >= 15 is 0 Å². The van der Waals surface area contributed by atoms with Crippen LogP contribution in [0.3, 0.4) is 0 Å². The molecule has 4 heteroatoms. The smallest absolute Gasteiger partial charge is 0.307 e. The van der Waals surface area contributed by atoms with Crippen molar-refractivity contribution >= 4 is 28.9 Å². The maximum Gasteiger partial charge on any atom is 0.307 e. The zero-order chi connectivity index (χ0) is 15.0. The van der Waals surface area contributed by atoms with Crippen molar-refractivity contribution in [3.05, 3.63) is 58.1 Å². The molecule has 0 aromatic heterocycles. The van der Waals surface area contributed by atoms with E-state index in [0.717, 1.165) is 29.8 Å². The first-order valence-corrected chi connectivity index (χ1v) is 7.28. The van der Waals surface area contributed by atoms with Crippen molar-refractivity contribution in [3.63, 3.8) is 0 Å². The number of halogens is 1. The van der Waals surface area contributed by atoms with E-state index in [4.69, 9.17) is 16.7 Å². The van der Waals surface area contributed by atoms with Gasteiger partial charge in [0.2, 0.25) is 0 Å². The summed E-state index contributed by atoms with van der Waals surface area (Å²) in [7, 11) is 2.00. The van der Waals surface area contributed by atoms with E-state index in [1.165, 1.54) is 11.1 Å². The second-order valence-electron chi connectivity index (χ2n) is 5.37. The number of carboxylic acid groups (broad SMARTS) is 1. The Morgan fingerprint density at radius 2 is 1.76 bits per heavy atom. The molecule has 3 nitrogen and oxygen atoms in total. The number of anilines is 2. The summed E-state index contributed by atoms with van der Waals surface area (Å²) in [6, 6.07) is 11.9. The SMILES string of the molecule is CN1c2cc(Cl)ccc2CCc2ccc(CC(=O)O)cc21. The van der Waals surface area contributed by atoms with Crippen LogP contribution >= 0.6 is 11.6 Å². The lowest BCUT2D eigenvalue weighted by molar-refractivity contribution is -0.136. The molecule has 0 radical (unpaired) electrons. The largest absolute Gasteiger partial charge is 0.481 e. The Kier molecular flexibility index (Phi) is 3.60. The van der Waals surface area contributed by atoms with Crippen LogP contribution in [-0.4, -0.2) is 18.1 Å². The first-order chi connectivity index (χ1) is 10.0. The minimum atomic E-state index is -0.810. The Bertz CT molecular complexity index is 712. The van der Waals surface area contributed by atoms with Gasteiger partial charge in [0.15, 0.2) is 0 Å². The lowest BCUT2D eigenvalue weighted by Gasteiger charge is -2.22. The second kappa shape index (κ2) is 5.41. The fourth-order valence-corrected chi connectivity index (χ4v) is 3.04. The van der Waals surface area contributed by atoms with Crippen molar-refractivity contribution in [1.29, 1.82) is 0 Å². The lowest BCUT2D eigenvalue weighted by atomic mass is 10.0. The van der Waals surface area contributed by atoms with Gasteiger partial charge in [-0.2, -0.15) is 0 Å². The van der Waals surface area contributed by atoms with Gasteiger partial charge in [0.05, 0.1) is 6.42 Å². The molecule has 0 spiro atoms. The maximum absolute atomic E-state index is 10.9.